The highest BCUT2D eigenvalue weighted by Crippen LogP contribution is 2.12. The van der Waals surface area contributed by atoms with E-state index in [1.54, 1.807) is 34.1 Å². The van der Waals surface area contributed by atoms with E-state index in [2.05, 4.69) is 10.6 Å². The molecule has 138 valence electrons. The molecule has 0 aromatic heterocycles. The number of carbonyl (C=O) groups excluding carboxylic acids is 4. The summed E-state index contributed by atoms with van der Waals surface area (Å²) in [6.07, 6.45) is 0.915. The molecular formula is C18H22N4O4. The lowest BCUT2D eigenvalue weighted by atomic mass is 10.2. The Morgan fingerprint density at radius 1 is 1.04 bits per heavy atom. The Balaban J connectivity index is 1.43. The van der Waals surface area contributed by atoms with Gasteiger partial charge in [0.15, 0.2) is 0 Å². The molecule has 26 heavy (non-hydrogen) atoms. The van der Waals surface area contributed by atoms with Gasteiger partial charge in [-0.05, 0) is 18.6 Å². The molecule has 1 aromatic rings. The Labute approximate surface area is 151 Å². The maximum absolute atomic E-state index is 12.3. The van der Waals surface area contributed by atoms with E-state index in [-0.39, 0.29) is 30.2 Å². The van der Waals surface area contributed by atoms with E-state index in [9.17, 15) is 19.2 Å². The standard InChI is InChI=1S/C18H22N4O4/c23-15-7-6-14(20-15)18(26)22-10-8-21(9-11-22)16(24)12-19-17(25)13-4-2-1-3-5-13/h1-5,14H,6-12H2,(H,19,25)(H,20,23). The molecular weight excluding hydrogens is 336 g/mol. The smallest absolute Gasteiger partial charge is 0.251 e. The first-order valence-corrected chi connectivity index (χ1v) is 8.74. The molecule has 2 aliphatic heterocycles. The first kappa shape index (κ1) is 17.9. The number of nitrogens with zero attached hydrogens (tertiary/aromatic N) is 2. The molecule has 0 aliphatic carbocycles. The van der Waals surface area contributed by atoms with Gasteiger partial charge in [0.05, 0.1) is 6.54 Å². The molecule has 2 fully saturated rings. The molecule has 2 saturated heterocycles. The summed E-state index contributed by atoms with van der Waals surface area (Å²) in [6.45, 7) is 1.65. The Kier molecular flexibility index (Phi) is 5.50. The van der Waals surface area contributed by atoms with E-state index in [4.69, 9.17) is 0 Å². The van der Waals surface area contributed by atoms with Crippen molar-refractivity contribution in [3.05, 3.63) is 35.9 Å². The molecule has 0 saturated carbocycles. The van der Waals surface area contributed by atoms with Crippen LogP contribution in [0.15, 0.2) is 30.3 Å². The van der Waals surface area contributed by atoms with Gasteiger partial charge in [0, 0.05) is 38.2 Å². The Morgan fingerprint density at radius 2 is 1.69 bits per heavy atom. The Hall–Kier alpha value is -2.90. The fourth-order valence-corrected chi connectivity index (χ4v) is 3.16. The molecule has 1 unspecified atom stereocenters. The highest BCUT2D eigenvalue weighted by molar-refractivity contribution is 5.96. The zero-order valence-corrected chi connectivity index (χ0v) is 14.4. The van der Waals surface area contributed by atoms with Crippen LogP contribution in [0.1, 0.15) is 23.2 Å². The van der Waals surface area contributed by atoms with Gasteiger partial charge >= 0.3 is 0 Å². The lowest BCUT2D eigenvalue weighted by molar-refractivity contribution is -0.140. The summed E-state index contributed by atoms with van der Waals surface area (Å²) in [5.41, 5.74) is 0.509. The first-order valence-electron chi connectivity index (χ1n) is 8.74. The predicted octanol–water partition coefficient (Wildman–Crippen LogP) is -0.634. The third-order valence-corrected chi connectivity index (χ3v) is 4.67. The summed E-state index contributed by atoms with van der Waals surface area (Å²) >= 11 is 0. The molecule has 2 N–H and O–H groups in total. The minimum absolute atomic E-state index is 0.0691. The van der Waals surface area contributed by atoms with Crippen molar-refractivity contribution in [2.24, 2.45) is 0 Å². The molecule has 2 aliphatic rings. The number of hydrogen-bond donors (Lipinski definition) is 2. The van der Waals surface area contributed by atoms with Crippen molar-refractivity contribution in [1.29, 1.82) is 0 Å². The highest BCUT2D eigenvalue weighted by Gasteiger charge is 2.32. The molecule has 0 radical (unpaired) electrons. The first-order chi connectivity index (χ1) is 12.5. The monoisotopic (exact) mass is 358 g/mol. The van der Waals surface area contributed by atoms with Gasteiger partial charge in [-0.2, -0.15) is 0 Å². The second kappa shape index (κ2) is 7.99. The number of rotatable bonds is 4. The summed E-state index contributed by atoms with van der Waals surface area (Å²) in [7, 11) is 0. The van der Waals surface area contributed by atoms with Crippen LogP contribution in [0.5, 0.6) is 0 Å². The molecule has 8 nitrogen and oxygen atoms in total. The fourth-order valence-electron chi connectivity index (χ4n) is 3.16. The molecule has 2 heterocycles. The van der Waals surface area contributed by atoms with Gasteiger partial charge in [0.2, 0.25) is 17.7 Å². The van der Waals surface area contributed by atoms with Crippen molar-refractivity contribution >= 4 is 23.6 Å². The van der Waals surface area contributed by atoms with Crippen LogP contribution in [-0.2, 0) is 14.4 Å². The Bertz CT molecular complexity index is 698. The SMILES string of the molecule is O=C1CCC(C(=O)N2CCN(C(=O)CNC(=O)c3ccccc3)CC2)N1. The molecule has 8 heteroatoms. The van der Waals surface area contributed by atoms with E-state index in [0.717, 1.165) is 0 Å². The van der Waals surface area contributed by atoms with Crippen molar-refractivity contribution < 1.29 is 19.2 Å². The predicted molar refractivity (Wildman–Crippen MR) is 93.1 cm³/mol. The van der Waals surface area contributed by atoms with Crippen molar-refractivity contribution in [2.45, 2.75) is 18.9 Å². The average molecular weight is 358 g/mol. The van der Waals surface area contributed by atoms with Crippen LogP contribution < -0.4 is 10.6 Å². The fraction of sp³-hybridized carbons (Fsp3) is 0.444. The maximum Gasteiger partial charge on any atom is 0.251 e. The van der Waals surface area contributed by atoms with Crippen LogP contribution in [0.4, 0.5) is 0 Å². The van der Waals surface area contributed by atoms with Crippen LogP contribution in [0.2, 0.25) is 0 Å². The average Bonchev–Trinajstić information content (AvgIpc) is 3.12. The van der Waals surface area contributed by atoms with E-state index in [1.807, 2.05) is 6.07 Å². The summed E-state index contributed by atoms with van der Waals surface area (Å²) in [6, 6.07) is 8.28. The van der Waals surface area contributed by atoms with Gasteiger partial charge in [0.1, 0.15) is 6.04 Å². The van der Waals surface area contributed by atoms with E-state index in [0.29, 0.717) is 44.6 Å². The molecule has 1 atom stereocenters. The molecule has 0 spiro atoms. The minimum Gasteiger partial charge on any atom is -0.344 e. The van der Waals surface area contributed by atoms with Crippen LogP contribution in [-0.4, -0.2) is 72.2 Å². The van der Waals surface area contributed by atoms with Crippen molar-refractivity contribution in [1.82, 2.24) is 20.4 Å². The van der Waals surface area contributed by atoms with Crippen LogP contribution in [0, 0.1) is 0 Å². The molecule has 0 bridgehead atoms. The summed E-state index contributed by atoms with van der Waals surface area (Å²) in [4.78, 5) is 51.1. The second-order valence-corrected chi connectivity index (χ2v) is 6.41. The van der Waals surface area contributed by atoms with Crippen molar-refractivity contribution in [2.75, 3.05) is 32.7 Å². The largest absolute Gasteiger partial charge is 0.344 e. The lowest BCUT2D eigenvalue weighted by Gasteiger charge is -2.35. The van der Waals surface area contributed by atoms with Gasteiger partial charge < -0.3 is 20.4 Å². The molecule has 1 aromatic carbocycles. The normalized spacial score (nSPS) is 19.8. The Morgan fingerprint density at radius 3 is 2.31 bits per heavy atom. The molecule has 3 rings (SSSR count). The number of piperazine rings is 1. The van der Waals surface area contributed by atoms with Crippen LogP contribution in [0.3, 0.4) is 0 Å². The number of benzene rings is 1. The summed E-state index contributed by atoms with van der Waals surface area (Å²) in [5.74, 6) is -0.632. The third kappa shape index (κ3) is 4.19. The number of hydrogen-bond acceptors (Lipinski definition) is 4. The third-order valence-electron chi connectivity index (χ3n) is 4.67. The van der Waals surface area contributed by atoms with Crippen molar-refractivity contribution in [3.63, 3.8) is 0 Å². The van der Waals surface area contributed by atoms with E-state index in [1.165, 1.54) is 0 Å². The van der Waals surface area contributed by atoms with Gasteiger partial charge in [-0.1, -0.05) is 18.2 Å². The van der Waals surface area contributed by atoms with Gasteiger partial charge in [-0.15, -0.1) is 0 Å². The van der Waals surface area contributed by atoms with E-state index >= 15 is 0 Å². The molecule has 4 amide bonds. The number of amides is 4. The second-order valence-electron chi connectivity index (χ2n) is 6.41. The van der Waals surface area contributed by atoms with Crippen LogP contribution in [0.25, 0.3) is 0 Å². The highest BCUT2D eigenvalue weighted by atomic mass is 16.2. The van der Waals surface area contributed by atoms with Gasteiger partial charge in [0.25, 0.3) is 5.91 Å². The maximum atomic E-state index is 12.3. The zero-order chi connectivity index (χ0) is 18.5. The van der Waals surface area contributed by atoms with E-state index < -0.39 is 6.04 Å². The quantitative estimate of drug-likeness (QED) is 0.748. The van der Waals surface area contributed by atoms with Crippen LogP contribution >= 0.6 is 0 Å². The lowest BCUT2D eigenvalue weighted by Crippen LogP contribution is -2.55. The van der Waals surface area contributed by atoms with Crippen molar-refractivity contribution in [3.8, 4) is 0 Å². The van der Waals surface area contributed by atoms with Gasteiger partial charge in [-0.25, -0.2) is 0 Å². The number of nitrogens with one attached hydrogen (secondary N) is 2. The van der Waals surface area contributed by atoms with Gasteiger partial charge in [-0.3, -0.25) is 19.2 Å². The zero-order valence-electron chi connectivity index (χ0n) is 14.4. The number of carbonyl (C=O) groups is 4. The minimum atomic E-state index is -0.435. The summed E-state index contributed by atoms with van der Waals surface area (Å²) in [5, 5.41) is 5.30. The topological polar surface area (TPSA) is 98.8 Å². The summed E-state index contributed by atoms with van der Waals surface area (Å²) < 4.78 is 0.